The minimum atomic E-state index is 0.452. The summed E-state index contributed by atoms with van der Waals surface area (Å²) >= 11 is 6.14. The monoisotopic (exact) mass is 333 g/mol. The fraction of sp³-hybridized carbons (Fsp3) is 0.438. The molecule has 3 rings (SSSR count). The van der Waals surface area contributed by atoms with Gasteiger partial charge in [0.05, 0.1) is 19.0 Å². The molecule has 1 fully saturated rings. The van der Waals surface area contributed by atoms with Crippen LogP contribution >= 0.6 is 11.6 Å². The first-order valence-electron chi connectivity index (χ1n) is 7.73. The van der Waals surface area contributed by atoms with Gasteiger partial charge in [0.15, 0.2) is 5.82 Å². The molecule has 1 saturated heterocycles. The molecule has 1 aliphatic heterocycles. The number of benzene rings is 1. The lowest BCUT2D eigenvalue weighted by Crippen LogP contribution is -2.30. The quantitative estimate of drug-likeness (QED) is 0.922. The summed E-state index contributed by atoms with van der Waals surface area (Å²) in [5.74, 6) is 1.95. The van der Waals surface area contributed by atoms with Crippen LogP contribution in [-0.4, -0.2) is 35.4 Å². The van der Waals surface area contributed by atoms with E-state index in [1.807, 2.05) is 13.0 Å². The number of hydrogen-bond acceptors (Lipinski definition) is 6. The van der Waals surface area contributed by atoms with Crippen molar-refractivity contribution >= 4 is 29.1 Å². The highest BCUT2D eigenvalue weighted by Gasteiger charge is 2.14. The van der Waals surface area contributed by atoms with Crippen LogP contribution in [-0.2, 0) is 0 Å². The molecule has 0 spiro atoms. The summed E-state index contributed by atoms with van der Waals surface area (Å²) in [4.78, 5) is 6.82. The molecule has 2 heterocycles. The zero-order valence-electron chi connectivity index (χ0n) is 13.3. The van der Waals surface area contributed by atoms with Crippen molar-refractivity contribution in [2.45, 2.75) is 26.2 Å². The molecule has 23 heavy (non-hydrogen) atoms. The molecule has 0 amide bonds. The van der Waals surface area contributed by atoms with Crippen molar-refractivity contribution in [2.24, 2.45) is 0 Å². The number of hydrogen-bond donors (Lipinski definition) is 1. The van der Waals surface area contributed by atoms with Gasteiger partial charge in [0, 0.05) is 24.2 Å². The van der Waals surface area contributed by atoms with Gasteiger partial charge in [0.1, 0.15) is 5.75 Å². The smallest absolute Gasteiger partial charge is 0.249 e. The van der Waals surface area contributed by atoms with Crippen LogP contribution in [0.2, 0.25) is 5.02 Å². The highest BCUT2D eigenvalue weighted by Crippen LogP contribution is 2.32. The maximum absolute atomic E-state index is 6.14. The Kier molecular flexibility index (Phi) is 4.81. The summed E-state index contributed by atoms with van der Waals surface area (Å²) in [5.41, 5.74) is 1.72. The van der Waals surface area contributed by atoms with Crippen LogP contribution in [0.1, 0.15) is 24.8 Å². The normalized spacial score (nSPS) is 14.7. The number of rotatable bonds is 4. The Labute approximate surface area is 140 Å². The van der Waals surface area contributed by atoms with Gasteiger partial charge < -0.3 is 15.0 Å². The van der Waals surface area contributed by atoms with Gasteiger partial charge in [-0.3, -0.25) is 0 Å². The van der Waals surface area contributed by atoms with Gasteiger partial charge in [-0.05, 0) is 37.8 Å². The standard InChI is InChI=1S/C16H20ClN5O/c1-11-8-13(14(23-2)9-12(11)17)19-16-20-15(10-18-21-16)22-6-4-3-5-7-22/h8-10H,3-7H2,1-2H3,(H,19,20,21). The van der Waals surface area contributed by atoms with Gasteiger partial charge >= 0.3 is 0 Å². The molecule has 1 N–H and O–H groups in total. The van der Waals surface area contributed by atoms with Crippen molar-refractivity contribution in [1.82, 2.24) is 15.2 Å². The van der Waals surface area contributed by atoms with E-state index in [9.17, 15) is 0 Å². The Morgan fingerprint density at radius 1 is 1.22 bits per heavy atom. The zero-order chi connectivity index (χ0) is 16.2. The predicted octanol–water partition coefficient (Wildman–Crippen LogP) is 3.58. The third kappa shape index (κ3) is 3.64. The highest BCUT2D eigenvalue weighted by molar-refractivity contribution is 6.31. The Hall–Kier alpha value is -2.08. The number of halogens is 1. The summed E-state index contributed by atoms with van der Waals surface area (Å²) in [7, 11) is 1.61. The molecular formula is C16H20ClN5O. The molecule has 1 aliphatic rings. The van der Waals surface area contributed by atoms with Gasteiger partial charge in [0.25, 0.3) is 0 Å². The molecule has 1 aromatic carbocycles. The Bertz CT molecular complexity index is 688. The number of aromatic nitrogens is 3. The molecular weight excluding hydrogens is 314 g/mol. The fourth-order valence-corrected chi connectivity index (χ4v) is 2.83. The molecule has 2 aromatic rings. The van der Waals surface area contributed by atoms with E-state index in [0.29, 0.717) is 16.7 Å². The second-order valence-electron chi connectivity index (χ2n) is 5.61. The molecule has 1 aromatic heterocycles. The van der Waals surface area contributed by atoms with Crippen LogP contribution in [0.5, 0.6) is 5.75 Å². The van der Waals surface area contributed by atoms with Crippen LogP contribution < -0.4 is 15.0 Å². The molecule has 7 heteroatoms. The maximum Gasteiger partial charge on any atom is 0.249 e. The maximum atomic E-state index is 6.14. The number of anilines is 3. The second kappa shape index (κ2) is 7.00. The van der Waals surface area contributed by atoms with Crippen LogP contribution in [0.15, 0.2) is 18.3 Å². The van der Waals surface area contributed by atoms with Crippen molar-refractivity contribution in [1.29, 1.82) is 0 Å². The SMILES string of the molecule is COc1cc(Cl)c(C)cc1Nc1nncc(N2CCCCC2)n1. The number of ether oxygens (including phenoxy) is 1. The van der Waals surface area contributed by atoms with Crippen LogP contribution in [0, 0.1) is 6.92 Å². The van der Waals surface area contributed by atoms with Crippen LogP contribution in [0.25, 0.3) is 0 Å². The molecule has 122 valence electrons. The van der Waals surface area contributed by atoms with Crippen molar-refractivity contribution < 1.29 is 4.74 Å². The molecule has 0 aliphatic carbocycles. The lowest BCUT2D eigenvalue weighted by atomic mass is 10.1. The first-order chi connectivity index (χ1) is 11.2. The lowest BCUT2D eigenvalue weighted by molar-refractivity contribution is 0.416. The van der Waals surface area contributed by atoms with E-state index >= 15 is 0 Å². The average molecular weight is 334 g/mol. The van der Waals surface area contributed by atoms with Gasteiger partial charge in [-0.2, -0.15) is 10.1 Å². The summed E-state index contributed by atoms with van der Waals surface area (Å²) in [6, 6.07) is 3.69. The summed E-state index contributed by atoms with van der Waals surface area (Å²) < 4.78 is 5.37. The van der Waals surface area contributed by atoms with Crippen LogP contribution in [0.3, 0.4) is 0 Å². The first-order valence-corrected chi connectivity index (χ1v) is 8.11. The predicted molar refractivity (Wildman–Crippen MR) is 91.9 cm³/mol. The first kappa shape index (κ1) is 15.8. The lowest BCUT2D eigenvalue weighted by Gasteiger charge is -2.27. The second-order valence-corrected chi connectivity index (χ2v) is 6.02. The van der Waals surface area contributed by atoms with E-state index in [1.165, 1.54) is 19.3 Å². The molecule has 0 atom stereocenters. The minimum Gasteiger partial charge on any atom is -0.495 e. The van der Waals surface area contributed by atoms with E-state index in [4.69, 9.17) is 16.3 Å². The van der Waals surface area contributed by atoms with E-state index in [-0.39, 0.29) is 0 Å². The third-order valence-electron chi connectivity index (χ3n) is 3.95. The summed E-state index contributed by atoms with van der Waals surface area (Å²) in [6.07, 6.45) is 5.37. The van der Waals surface area contributed by atoms with Crippen LogP contribution in [0.4, 0.5) is 17.5 Å². The number of nitrogens with zero attached hydrogens (tertiary/aromatic N) is 4. The fourth-order valence-electron chi connectivity index (χ4n) is 2.67. The van der Waals surface area contributed by atoms with Gasteiger partial charge in [-0.15, -0.1) is 5.10 Å². The van der Waals surface area contributed by atoms with Gasteiger partial charge in [0.2, 0.25) is 5.95 Å². The molecule has 0 unspecified atom stereocenters. The largest absolute Gasteiger partial charge is 0.495 e. The molecule has 6 nitrogen and oxygen atoms in total. The van der Waals surface area contributed by atoms with Gasteiger partial charge in [-0.1, -0.05) is 11.6 Å². The van der Waals surface area contributed by atoms with E-state index < -0.39 is 0 Å². The van der Waals surface area contributed by atoms with E-state index in [1.54, 1.807) is 19.4 Å². The van der Waals surface area contributed by atoms with Crippen molar-refractivity contribution in [3.63, 3.8) is 0 Å². The van der Waals surface area contributed by atoms with Gasteiger partial charge in [-0.25, -0.2) is 0 Å². The van der Waals surface area contributed by atoms with E-state index in [2.05, 4.69) is 25.4 Å². The number of piperidine rings is 1. The van der Waals surface area contributed by atoms with Crippen molar-refractivity contribution in [3.8, 4) is 5.75 Å². The summed E-state index contributed by atoms with van der Waals surface area (Å²) in [5, 5.41) is 12.0. The summed E-state index contributed by atoms with van der Waals surface area (Å²) in [6.45, 7) is 3.97. The number of methoxy groups -OCH3 is 1. The molecule has 0 saturated carbocycles. The zero-order valence-corrected chi connectivity index (χ0v) is 14.1. The van der Waals surface area contributed by atoms with E-state index in [0.717, 1.165) is 30.2 Å². The topological polar surface area (TPSA) is 63.2 Å². The molecule has 0 radical (unpaired) electrons. The average Bonchev–Trinajstić information content (AvgIpc) is 2.59. The Balaban J connectivity index is 1.84. The Morgan fingerprint density at radius 3 is 2.74 bits per heavy atom. The van der Waals surface area contributed by atoms with Crippen molar-refractivity contribution in [3.05, 3.63) is 28.9 Å². The molecule has 0 bridgehead atoms. The Morgan fingerprint density at radius 2 is 2.00 bits per heavy atom. The van der Waals surface area contributed by atoms with Crippen molar-refractivity contribution in [2.75, 3.05) is 30.4 Å². The number of aryl methyl sites for hydroxylation is 1. The minimum absolute atomic E-state index is 0.452. The highest BCUT2D eigenvalue weighted by atomic mass is 35.5. The number of nitrogens with one attached hydrogen (secondary N) is 1. The third-order valence-corrected chi connectivity index (χ3v) is 4.36.